The molecule has 0 aromatic heterocycles. The van der Waals surface area contributed by atoms with Crippen LogP contribution >= 0.6 is 11.6 Å². The first-order valence-corrected chi connectivity index (χ1v) is 9.51. The van der Waals surface area contributed by atoms with E-state index in [2.05, 4.69) is 21.9 Å². The van der Waals surface area contributed by atoms with Gasteiger partial charge in [0.1, 0.15) is 0 Å². The van der Waals surface area contributed by atoms with Crippen molar-refractivity contribution in [3.8, 4) is 0 Å². The van der Waals surface area contributed by atoms with Crippen molar-refractivity contribution >= 4 is 17.5 Å². The van der Waals surface area contributed by atoms with E-state index in [0.717, 1.165) is 69.9 Å². The predicted molar refractivity (Wildman–Crippen MR) is 97.9 cm³/mol. The molecule has 1 saturated carbocycles. The normalized spacial score (nSPS) is 26.2. The quantitative estimate of drug-likeness (QED) is 0.912. The van der Waals surface area contributed by atoms with Crippen molar-refractivity contribution in [1.82, 2.24) is 9.80 Å². The zero-order valence-electron chi connectivity index (χ0n) is 14.3. The Balaban J connectivity index is 1.52. The second-order valence-corrected chi connectivity index (χ2v) is 7.64. The summed E-state index contributed by atoms with van der Waals surface area (Å²) >= 11 is 5.95. The molecule has 2 unspecified atom stereocenters. The van der Waals surface area contributed by atoms with Gasteiger partial charge in [-0.05, 0) is 43.4 Å². The van der Waals surface area contributed by atoms with Crippen LogP contribution in [0.4, 0.5) is 0 Å². The Kier molecular flexibility index (Phi) is 6.14. The van der Waals surface area contributed by atoms with Crippen LogP contribution in [0.15, 0.2) is 24.3 Å². The van der Waals surface area contributed by atoms with Crippen molar-refractivity contribution in [1.29, 1.82) is 0 Å². The molecule has 2 N–H and O–H groups in total. The Bertz CT molecular complexity index is 548. The van der Waals surface area contributed by atoms with E-state index in [-0.39, 0.29) is 12.0 Å². The van der Waals surface area contributed by atoms with Crippen LogP contribution in [-0.4, -0.2) is 47.9 Å². The standard InChI is InChI=1S/C19H28ClN3O/c20-17-7-5-15(6-8-17)14-22-9-2-10-23(12-11-22)19(24)16-3-1-4-18(21)13-16/h5-8,16,18H,1-4,9-14,21H2. The lowest BCUT2D eigenvalue weighted by Crippen LogP contribution is -2.42. The van der Waals surface area contributed by atoms with Crippen molar-refractivity contribution in [2.45, 2.75) is 44.7 Å². The summed E-state index contributed by atoms with van der Waals surface area (Å²) in [5.41, 5.74) is 7.33. The zero-order chi connectivity index (χ0) is 16.9. The second-order valence-electron chi connectivity index (χ2n) is 7.21. The van der Waals surface area contributed by atoms with E-state index in [1.54, 1.807) is 0 Å². The number of carbonyl (C=O) groups excluding carboxylic acids is 1. The first-order valence-electron chi connectivity index (χ1n) is 9.13. The molecule has 1 aromatic rings. The minimum absolute atomic E-state index is 0.150. The molecule has 1 aliphatic heterocycles. The van der Waals surface area contributed by atoms with Gasteiger partial charge in [0.05, 0.1) is 0 Å². The van der Waals surface area contributed by atoms with E-state index < -0.39 is 0 Å². The van der Waals surface area contributed by atoms with Gasteiger partial charge in [0.2, 0.25) is 5.91 Å². The minimum Gasteiger partial charge on any atom is -0.341 e. The van der Waals surface area contributed by atoms with Gasteiger partial charge in [0.15, 0.2) is 0 Å². The van der Waals surface area contributed by atoms with Crippen LogP contribution in [0.5, 0.6) is 0 Å². The molecule has 2 aliphatic rings. The molecule has 1 amide bonds. The molecule has 1 aliphatic carbocycles. The molecule has 4 nitrogen and oxygen atoms in total. The third-order valence-electron chi connectivity index (χ3n) is 5.28. The fourth-order valence-electron chi connectivity index (χ4n) is 3.91. The summed E-state index contributed by atoms with van der Waals surface area (Å²) in [4.78, 5) is 17.3. The van der Waals surface area contributed by atoms with Crippen molar-refractivity contribution in [2.24, 2.45) is 11.7 Å². The van der Waals surface area contributed by atoms with Gasteiger partial charge in [-0.2, -0.15) is 0 Å². The Hall–Kier alpha value is -1.10. The van der Waals surface area contributed by atoms with E-state index in [4.69, 9.17) is 17.3 Å². The Morgan fingerprint density at radius 1 is 1.08 bits per heavy atom. The molecule has 3 rings (SSSR count). The Morgan fingerprint density at radius 2 is 1.88 bits per heavy atom. The molecule has 1 aromatic carbocycles. The lowest BCUT2D eigenvalue weighted by molar-refractivity contribution is -0.136. The van der Waals surface area contributed by atoms with Gasteiger partial charge >= 0.3 is 0 Å². The number of amides is 1. The molecule has 24 heavy (non-hydrogen) atoms. The van der Waals surface area contributed by atoms with Crippen molar-refractivity contribution in [3.05, 3.63) is 34.9 Å². The number of rotatable bonds is 3. The summed E-state index contributed by atoms with van der Waals surface area (Å²) in [6.45, 7) is 4.61. The molecule has 2 fully saturated rings. The lowest BCUT2D eigenvalue weighted by Gasteiger charge is -2.31. The number of hydrogen-bond acceptors (Lipinski definition) is 3. The SMILES string of the molecule is NC1CCCC(C(=O)N2CCCN(Cc3ccc(Cl)cc3)CC2)C1. The molecule has 0 bridgehead atoms. The monoisotopic (exact) mass is 349 g/mol. The topological polar surface area (TPSA) is 49.6 Å². The largest absolute Gasteiger partial charge is 0.341 e. The van der Waals surface area contributed by atoms with Crippen LogP contribution in [0.1, 0.15) is 37.7 Å². The summed E-state index contributed by atoms with van der Waals surface area (Å²) in [7, 11) is 0. The Morgan fingerprint density at radius 3 is 2.62 bits per heavy atom. The summed E-state index contributed by atoms with van der Waals surface area (Å²) in [5.74, 6) is 0.482. The maximum Gasteiger partial charge on any atom is 0.225 e. The molecule has 1 saturated heterocycles. The maximum atomic E-state index is 12.8. The van der Waals surface area contributed by atoms with E-state index in [1.807, 2.05) is 12.1 Å². The average Bonchev–Trinajstić information content (AvgIpc) is 2.82. The molecular weight excluding hydrogens is 322 g/mol. The Labute approximate surface area is 149 Å². The smallest absolute Gasteiger partial charge is 0.225 e. The second kappa shape index (κ2) is 8.32. The van der Waals surface area contributed by atoms with Crippen molar-refractivity contribution in [3.63, 3.8) is 0 Å². The highest BCUT2D eigenvalue weighted by atomic mass is 35.5. The third-order valence-corrected chi connectivity index (χ3v) is 5.54. The molecule has 1 heterocycles. The van der Waals surface area contributed by atoms with Gasteiger partial charge < -0.3 is 10.6 Å². The molecular formula is C19H28ClN3O. The molecule has 5 heteroatoms. The van der Waals surface area contributed by atoms with E-state index >= 15 is 0 Å². The molecule has 0 spiro atoms. The highest BCUT2D eigenvalue weighted by Crippen LogP contribution is 2.25. The molecule has 132 valence electrons. The van der Waals surface area contributed by atoms with Gasteiger partial charge in [-0.3, -0.25) is 9.69 Å². The van der Waals surface area contributed by atoms with Crippen LogP contribution in [-0.2, 0) is 11.3 Å². The summed E-state index contributed by atoms with van der Waals surface area (Å²) in [5, 5.41) is 0.775. The highest BCUT2D eigenvalue weighted by molar-refractivity contribution is 6.30. The van der Waals surface area contributed by atoms with Crippen LogP contribution in [0.25, 0.3) is 0 Å². The van der Waals surface area contributed by atoms with Crippen molar-refractivity contribution < 1.29 is 4.79 Å². The van der Waals surface area contributed by atoms with Crippen LogP contribution in [0, 0.1) is 5.92 Å². The maximum absolute atomic E-state index is 12.8. The van der Waals surface area contributed by atoms with Crippen LogP contribution < -0.4 is 5.73 Å². The highest BCUT2D eigenvalue weighted by Gasteiger charge is 2.29. The number of halogens is 1. The average molecular weight is 350 g/mol. The van der Waals surface area contributed by atoms with E-state index in [1.165, 1.54) is 5.56 Å². The zero-order valence-corrected chi connectivity index (χ0v) is 15.0. The fourth-order valence-corrected chi connectivity index (χ4v) is 4.03. The van der Waals surface area contributed by atoms with Crippen molar-refractivity contribution in [2.75, 3.05) is 26.2 Å². The fraction of sp³-hybridized carbons (Fsp3) is 0.632. The number of hydrogen-bond donors (Lipinski definition) is 1. The minimum atomic E-state index is 0.150. The number of benzene rings is 1. The van der Waals surface area contributed by atoms with Gasteiger partial charge in [-0.25, -0.2) is 0 Å². The van der Waals surface area contributed by atoms with Gasteiger partial charge in [-0.1, -0.05) is 30.2 Å². The first kappa shape index (κ1) is 17.7. The number of nitrogens with two attached hydrogens (primary N) is 1. The van der Waals surface area contributed by atoms with Crippen LogP contribution in [0.2, 0.25) is 5.02 Å². The third kappa shape index (κ3) is 4.71. The van der Waals surface area contributed by atoms with Gasteiger partial charge in [0, 0.05) is 49.7 Å². The summed E-state index contributed by atoms with van der Waals surface area (Å²) in [6, 6.07) is 8.26. The van der Waals surface area contributed by atoms with Crippen LogP contribution in [0.3, 0.4) is 0 Å². The molecule has 0 radical (unpaired) electrons. The summed E-state index contributed by atoms with van der Waals surface area (Å²) in [6.07, 6.45) is 5.08. The van der Waals surface area contributed by atoms with E-state index in [9.17, 15) is 4.79 Å². The number of nitrogens with zero attached hydrogens (tertiary/aromatic N) is 2. The number of carbonyl (C=O) groups is 1. The lowest BCUT2D eigenvalue weighted by atomic mass is 9.85. The predicted octanol–water partition coefficient (Wildman–Crippen LogP) is 2.89. The first-order chi connectivity index (χ1) is 11.6. The van der Waals surface area contributed by atoms with Gasteiger partial charge in [-0.15, -0.1) is 0 Å². The molecule has 2 atom stereocenters. The van der Waals surface area contributed by atoms with E-state index in [0.29, 0.717) is 5.91 Å². The van der Waals surface area contributed by atoms with Gasteiger partial charge in [0.25, 0.3) is 0 Å². The summed E-state index contributed by atoms with van der Waals surface area (Å²) < 4.78 is 0.